The zero-order chi connectivity index (χ0) is 15.7. The SMILES string of the molecule is C=C(S)C(=C)OC1CC2CC1C1C(C)CC(CC)C21.CC. The Kier molecular flexibility index (Phi) is 5.51. The fraction of sp³-hybridized carbons (Fsp3) is 0.789. The molecule has 7 atom stereocenters. The van der Waals surface area contributed by atoms with Crippen molar-refractivity contribution in [3.63, 3.8) is 0 Å². The van der Waals surface area contributed by atoms with E-state index >= 15 is 0 Å². The topological polar surface area (TPSA) is 9.23 Å². The molecule has 0 aromatic heterocycles. The van der Waals surface area contributed by atoms with Crippen molar-refractivity contribution in [2.45, 2.75) is 59.5 Å². The van der Waals surface area contributed by atoms with E-state index in [1.165, 1.54) is 25.7 Å². The maximum Gasteiger partial charge on any atom is 0.125 e. The van der Waals surface area contributed by atoms with E-state index in [-0.39, 0.29) is 0 Å². The predicted molar refractivity (Wildman–Crippen MR) is 94.2 cm³/mol. The van der Waals surface area contributed by atoms with Crippen molar-refractivity contribution in [2.24, 2.45) is 35.5 Å². The summed E-state index contributed by atoms with van der Waals surface area (Å²) in [4.78, 5) is 0.672. The van der Waals surface area contributed by atoms with Crippen LogP contribution in [0.4, 0.5) is 0 Å². The summed E-state index contributed by atoms with van der Waals surface area (Å²) in [6.07, 6.45) is 5.79. The number of rotatable bonds is 4. The molecule has 3 aliphatic rings. The van der Waals surface area contributed by atoms with E-state index in [1.807, 2.05) is 13.8 Å². The minimum absolute atomic E-state index is 0.376. The van der Waals surface area contributed by atoms with Gasteiger partial charge in [0.1, 0.15) is 11.9 Å². The largest absolute Gasteiger partial charge is 0.490 e. The average Bonchev–Trinajstić information content (AvgIpc) is 3.12. The summed E-state index contributed by atoms with van der Waals surface area (Å²) < 4.78 is 6.06. The van der Waals surface area contributed by atoms with Gasteiger partial charge >= 0.3 is 0 Å². The molecule has 3 saturated carbocycles. The second-order valence-corrected chi connectivity index (χ2v) is 7.50. The van der Waals surface area contributed by atoms with Crippen LogP contribution in [0.1, 0.15) is 53.4 Å². The molecule has 7 unspecified atom stereocenters. The fourth-order valence-corrected chi connectivity index (χ4v) is 5.56. The maximum atomic E-state index is 6.06. The zero-order valence-electron chi connectivity index (χ0n) is 14.1. The van der Waals surface area contributed by atoms with Crippen LogP contribution in [0.2, 0.25) is 0 Å². The van der Waals surface area contributed by atoms with Crippen LogP contribution in [0.5, 0.6) is 0 Å². The number of thiol groups is 1. The van der Waals surface area contributed by atoms with Gasteiger partial charge in [-0.3, -0.25) is 0 Å². The molecule has 0 N–H and O–H groups in total. The van der Waals surface area contributed by atoms with Crippen LogP contribution in [0.25, 0.3) is 0 Å². The van der Waals surface area contributed by atoms with Crippen LogP contribution in [-0.2, 0) is 4.74 Å². The lowest BCUT2D eigenvalue weighted by Gasteiger charge is -2.35. The molecule has 0 heterocycles. The van der Waals surface area contributed by atoms with Crippen molar-refractivity contribution in [2.75, 3.05) is 0 Å². The molecule has 3 rings (SSSR count). The molecule has 3 aliphatic carbocycles. The normalized spacial score (nSPS) is 43.0. The first-order valence-electron chi connectivity index (χ1n) is 8.76. The molecular weight excluding hydrogens is 276 g/mol. The van der Waals surface area contributed by atoms with E-state index in [0.29, 0.717) is 16.8 Å². The van der Waals surface area contributed by atoms with Gasteiger partial charge in [-0.25, -0.2) is 0 Å². The van der Waals surface area contributed by atoms with E-state index in [1.54, 1.807) is 0 Å². The van der Waals surface area contributed by atoms with Gasteiger partial charge < -0.3 is 4.74 Å². The van der Waals surface area contributed by atoms with Gasteiger partial charge in [-0.2, -0.15) is 0 Å². The lowest BCUT2D eigenvalue weighted by atomic mass is 9.74. The molecule has 0 aromatic rings. The van der Waals surface area contributed by atoms with E-state index in [0.717, 1.165) is 35.5 Å². The van der Waals surface area contributed by atoms with Crippen LogP contribution in [-0.4, -0.2) is 6.10 Å². The minimum atomic E-state index is 0.376. The summed E-state index contributed by atoms with van der Waals surface area (Å²) in [6.45, 7) is 16.6. The van der Waals surface area contributed by atoms with Crippen LogP contribution >= 0.6 is 12.6 Å². The molecule has 0 amide bonds. The first-order chi connectivity index (χ1) is 10.0. The highest BCUT2D eigenvalue weighted by atomic mass is 32.1. The lowest BCUT2D eigenvalue weighted by Crippen LogP contribution is -2.33. The van der Waals surface area contributed by atoms with E-state index < -0.39 is 0 Å². The number of hydrogen-bond acceptors (Lipinski definition) is 2. The number of fused-ring (bicyclic) bond motifs is 5. The predicted octanol–water partition coefficient (Wildman–Crippen LogP) is 5.69. The van der Waals surface area contributed by atoms with Crippen molar-refractivity contribution in [3.8, 4) is 0 Å². The highest BCUT2D eigenvalue weighted by molar-refractivity contribution is 7.84. The van der Waals surface area contributed by atoms with Gasteiger partial charge in [0, 0.05) is 4.91 Å². The molecule has 3 fully saturated rings. The van der Waals surface area contributed by atoms with Gasteiger partial charge in [0.15, 0.2) is 0 Å². The summed E-state index contributed by atoms with van der Waals surface area (Å²) in [7, 11) is 0. The highest BCUT2D eigenvalue weighted by Gasteiger charge is 2.59. The first kappa shape index (κ1) is 17.0. The third kappa shape index (κ3) is 2.93. The van der Waals surface area contributed by atoms with Crippen LogP contribution in [0.3, 0.4) is 0 Å². The molecular formula is C19H32OS. The lowest BCUT2D eigenvalue weighted by molar-refractivity contribution is 0.0219. The van der Waals surface area contributed by atoms with E-state index in [2.05, 4.69) is 39.6 Å². The Labute approximate surface area is 136 Å². The Hall–Kier alpha value is -0.370. The monoisotopic (exact) mass is 308 g/mol. The van der Waals surface area contributed by atoms with Crippen molar-refractivity contribution in [1.82, 2.24) is 0 Å². The second-order valence-electron chi connectivity index (χ2n) is 6.96. The van der Waals surface area contributed by atoms with Crippen molar-refractivity contribution in [1.29, 1.82) is 0 Å². The molecule has 0 aliphatic heterocycles. The number of hydrogen-bond donors (Lipinski definition) is 1. The highest BCUT2D eigenvalue weighted by Crippen LogP contribution is 2.63. The molecule has 2 bridgehead atoms. The van der Waals surface area contributed by atoms with Crippen molar-refractivity contribution in [3.05, 3.63) is 23.8 Å². The standard InChI is InChI=1S/C17H26OS.C2H6/c1-5-12-6-9(2)16-14-7-13(17(12)16)8-15(14)18-10(3)11(4)19;1-2/h9,12-17,19H,3-8H2,1-2H3;1-2H3. The summed E-state index contributed by atoms with van der Waals surface area (Å²) in [5.41, 5.74) is 0. The van der Waals surface area contributed by atoms with E-state index in [9.17, 15) is 0 Å². The third-order valence-electron chi connectivity index (χ3n) is 6.09. The molecule has 21 heavy (non-hydrogen) atoms. The Bertz CT molecular complexity index is 402. The molecule has 120 valence electrons. The molecule has 0 spiro atoms. The van der Waals surface area contributed by atoms with Gasteiger partial charge in [0.2, 0.25) is 0 Å². The van der Waals surface area contributed by atoms with Crippen molar-refractivity contribution < 1.29 is 4.74 Å². The summed E-state index contributed by atoms with van der Waals surface area (Å²) in [6, 6.07) is 0. The van der Waals surface area contributed by atoms with E-state index in [4.69, 9.17) is 4.74 Å². The Balaban J connectivity index is 0.000000774. The molecule has 1 nitrogen and oxygen atoms in total. The second kappa shape index (κ2) is 6.81. The maximum absolute atomic E-state index is 6.06. The summed E-state index contributed by atoms with van der Waals surface area (Å²) in [5.74, 6) is 6.06. The van der Waals surface area contributed by atoms with Crippen LogP contribution in [0.15, 0.2) is 23.8 Å². The van der Waals surface area contributed by atoms with Crippen LogP contribution < -0.4 is 0 Å². The molecule has 2 heteroatoms. The summed E-state index contributed by atoms with van der Waals surface area (Å²) >= 11 is 4.24. The Morgan fingerprint density at radius 2 is 1.81 bits per heavy atom. The zero-order valence-corrected chi connectivity index (χ0v) is 15.0. The number of ether oxygens (including phenoxy) is 1. The van der Waals surface area contributed by atoms with Gasteiger partial charge in [-0.05, 0) is 54.8 Å². The van der Waals surface area contributed by atoms with Gasteiger partial charge in [-0.15, -0.1) is 12.6 Å². The van der Waals surface area contributed by atoms with Crippen molar-refractivity contribution >= 4 is 12.6 Å². The quantitative estimate of drug-likeness (QED) is 0.398. The first-order valence-corrected chi connectivity index (χ1v) is 9.21. The molecule has 0 radical (unpaired) electrons. The van der Waals surface area contributed by atoms with Gasteiger partial charge in [-0.1, -0.05) is 47.3 Å². The fourth-order valence-electron chi connectivity index (χ4n) is 5.51. The average molecular weight is 309 g/mol. The Morgan fingerprint density at radius 3 is 2.38 bits per heavy atom. The van der Waals surface area contributed by atoms with Gasteiger partial charge in [0.05, 0.1) is 0 Å². The minimum Gasteiger partial charge on any atom is -0.490 e. The molecule has 0 aromatic carbocycles. The van der Waals surface area contributed by atoms with Gasteiger partial charge in [0.25, 0.3) is 0 Å². The third-order valence-corrected chi connectivity index (χ3v) is 6.34. The molecule has 0 saturated heterocycles. The Morgan fingerprint density at radius 1 is 1.14 bits per heavy atom. The smallest absolute Gasteiger partial charge is 0.125 e. The van der Waals surface area contributed by atoms with Crippen LogP contribution in [0, 0.1) is 35.5 Å². The summed E-state index contributed by atoms with van der Waals surface area (Å²) in [5, 5.41) is 0.